The van der Waals surface area contributed by atoms with Gasteiger partial charge in [0.25, 0.3) is 5.91 Å². The summed E-state index contributed by atoms with van der Waals surface area (Å²) in [6.45, 7) is 8.04. The van der Waals surface area contributed by atoms with Gasteiger partial charge >= 0.3 is 0 Å². The van der Waals surface area contributed by atoms with Crippen LogP contribution in [-0.2, 0) is 10.0 Å². The van der Waals surface area contributed by atoms with Crippen molar-refractivity contribution in [3.05, 3.63) is 29.3 Å². The lowest BCUT2D eigenvalue weighted by Gasteiger charge is -2.22. The van der Waals surface area contributed by atoms with Gasteiger partial charge in [-0.1, -0.05) is 18.9 Å². The van der Waals surface area contributed by atoms with Crippen LogP contribution in [0.4, 0.5) is 0 Å². The average molecular weight is 353 g/mol. The van der Waals surface area contributed by atoms with Crippen LogP contribution in [0.1, 0.15) is 55.5 Å². The predicted molar refractivity (Wildman–Crippen MR) is 95.7 cm³/mol. The topological polar surface area (TPSA) is 57.7 Å². The molecule has 0 bridgehead atoms. The molecular formula is C18H28N2O3S. The molecule has 134 valence electrons. The Kier molecular flexibility index (Phi) is 6.40. The van der Waals surface area contributed by atoms with E-state index in [0.717, 1.165) is 31.2 Å². The molecule has 0 radical (unpaired) electrons. The largest absolute Gasteiger partial charge is 0.339 e. The van der Waals surface area contributed by atoms with E-state index in [4.69, 9.17) is 0 Å². The van der Waals surface area contributed by atoms with Crippen LogP contribution in [0, 0.1) is 6.92 Å². The zero-order chi connectivity index (χ0) is 17.7. The van der Waals surface area contributed by atoms with Crippen molar-refractivity contribution in [3.8, 4) is 0 Å². The molecule has 6 heteroatoms. The summed E-state index contributed by atoms with van der Waals surface area (Å²) in [6, 6.07) is 4.91. The van der Waals surface area contributed by atoms with Crippen LogP contribution in [0.2, 0.25) is 0 Å². The molecule has 1 fully saturated rings. The van der Waals surface area contributed by atoms with Crippen molar-refractivity contribution in [2.75, 3.05) is 26.2 Å². The van der Waals surface area contributed by atoms with Gasteiger partial charge in [-0.25, -0.2) is 8.42 Å². The molecule has 0 spiro atoms. The molecule has 1 amide bonds. The van der Waals surface area contributed by atoms with E-state index in [2.05, 4.69) is 0 Å². The second-order valence-electron chi connectivity index (χ2n) is 6.27. The molecule has 1 aliphatic heterocycles. The Labute approximate surface area is 145 Å². The fourth-order valence-corrected chi connectivity index (χ4v) is 4.65. The number of carbonyl (C=O) groups excluding carboxylic acids is 1. The summed E-state index contributed by atoms with van der Waals surface area (Å²) >= 11 is 0. The Bertz CT molecular complexity index is 674. The van der Waals surface area contributed by atoms with Gasteiger partial charge in [-0.2, -0.15) is 4.31 Å². The Hall–Kier alpha value is -1.40. The summed E-state index contributed by atoms with van der Waals surface area (Å²) in [5, 5.41) is 0. The average Bonchev–Trinajstić information content (AvgIpc) is 2.86. The third-order valence-corrected chi connectivity index (χ3v) is 6.59. The van der Waals surface area contributed by atoms with Crippen molar-refractivity contribution in [3.63, 3.8) is 0 Å². The van der Waals surface area contributed by atoms with Crippen LogP contribution in [0.25, 0.3) is 0 Å². The number of sulfonamides is 1. The third kappa shape index (κ3) is 3.98. The molecular weight excluding hydrogens is 324 g/mol. The van der Waals surface area contributed by atoms with E-state index in [1.54, 1.807) is 27.4 Å². The Balaban J connectivity index is 2.37. The summed E-state index contributed by atoms with van der Waals surface area (Å²) in [5.41, 5.74) is 1.29. The fraction of sp³-hybridized carbons (Fsp3) is 0.611. The minimum absolute atomic E-state index is 0.106. The number of aryl methyl sites for hydroxylation is 1. The maximum Gasteiger partial charge on any atom is 0.254 e. The summed E-state index contributed by atoms with van der Waals surface area (Å²) in [5.74, 6) is -0.106. The molecule has 0 N–H and O–H groups in total. The van der Waals surface area contributed by atoms with E-state index >= 15 is 0 Å². The number of benzene rings is 1. The van der Waals surface area contributed by atoms with Gasteiger partial charge in [0.05, 0.1) is 4.90 Å². The van der Waals surface area contributed by atoms with Gasteiger partial charge in [-0.3, -0.25) is 4.79 Å². The van der Waals surface area contributed by atoms with E-state index < -0.39 is 10.0 Å². The molecule has 1 heterocycles. The van der Waals surface area contributed by atoms with Crippen molar-refractivity contribution < 1.29 is 13.2 Å². The predicted octanol–water partition coefficient (Wildman–Crippen LogP) is 3.04. The molecule has 0 saturated carbocycles. The first kappa shape index (κ1) is 18.9. The minimum atomic E-state index is -3.53. The van der Waals surface area contributed by atoms with Gasteiger partial charge in [0.1, 0.15) is 0 Å². The maximum absolute atomic E-state index is 12.9. The zero-order valence-electron chi connectivity index (χ0n) is 14.9. The Morgan fingerprint density at radius 2 is 1.67 bits per heavy atom. The number of hydrogen-bond donors (Lipinski definition) is 0. The van der Waals surface area contributed by atoms with Gasteiger partial charge in [0, 0.05) is 31.7 Å². The molecule has 0 unspecified atom stereocenters. The van der Waals surface area contributed by atoms with Crippen molar-refractivity contribution in [2.45, 2.75) is 51.3 Å². The highest BCUT2D eigenvalue weighted by Gasteiger charge is 2.27. The standard InChI is InChI=1S/C18H28N2O3S/c1-4-19(5-2)18(21)17-14-16(11-10-15(17)3)24(22,23)20-12-8-6-7-9-13-20/h10-11,14H,4-9,12-13H2,1-3H3. The Morgan fingerprint density at radius 1 is 1.08 bits per heavy atom. The summed E-state index contributed by atoms with van der Waals surface area (Å²) in [6.07, 6.45) is 3.95. The minimum Gasteiger partial charge on any atom is -0.339 e. The quantitative estimate of drug-likeness (QED) is 0.818. The van der Waals surface area contributed by atoms with Gasteiger partial charge in [0.15, 0.2) is 0 Å². The van der Waals surface area contributed by atoms with Crippen LogP contribution in [0.15, 0.2) is 23.1 Å². The fourth-order valence-electron chi connectivity index (χ4n) is 3.10. The van der Waals surface area contributed by atoms with E-state index in [1.807, 2.05) is 20.8 Å². The smallest absolute Gasteiger partial charge is 0.254 e. The first-order valence-electron chi connectivity index (χ1n) is 8.81. The molecule has 5 nitrogen and oxygen atoms in total. The molecule has 0 aliphatic carbocycles. The monoisotopic (exact) mass is 352 g/mol. The maximum atomic E-state index is 12.9. The highest BCUT2D eigenvalue weighted by molar-refractivity contribution is 7.89. The van der Waals surface area contributed by atoms with Gasteiger partial charge in [-0.05, 0) is 51.3 Å². The molecule has 1 saturated heterocycles. The van der Waals surface area contributed by atoms with E-state index in [0.29, 0.717) is 31.7 Å². The van der Waals surface area contributed by atoms with Crippen LogP contribution in [0.3, 0.4) is 0 Å². The lowest BCUT2D eigenvalue weighted by molar-refractivity contribution is 0.0772. The third-order valence-electron chi connectivity index (χ3n) is 4.69. The summed E-state index contributed by atoms with van der Waals surface area (Å²) in [4.78, 5) is 14.6. The zero-order valence-corrected chi connectivity index (χ0v) is 15.7. The van der Waals surface area contributed by atoms with E-state index in [-0.39, 0.29) is 10.8 Å². The first-order chi connectivity index (χ1) is 11.4. The normalized spacial score (nSPS) is 16.6. The molecule has 0 atom stereocenters. The van der Waals surface area contributed by atoms with Crippen LogP contribution >= 0.6 is 0 Å². The van der Waals surface area contributed by atoms with Crippen LogP contribution in [-0.4, -0.2) is 49.7 Å². The van der Waals surface area contributed by atoms with Crippen LogP contribution in [0.5, 0.6) is 0 Å². The second kappa shape index (κ2) is 8.12. The number of nitrogens with zero attached hydrogens (tertiary/aromatic N) is 2. The molecule has 2 rings (SSSR count). The lowest BCUT2D eigenvalue weighted by Crippen LogP contribution is -2.33. The number of amides is 1. The highest BCUT2D eigenvalue weighted by atomic mass is 32.2. The van der Waals surface area contributed by atoms with Gasteiger partial charge < -0.3 is 4.90 Å². The van der Waals surface area contributed by atoms with Crippen LogP contribution < -0.4 is 0 Å². The van der Waals surface area contributed by atoms with Crippen molar-refractivity contribution in [2.24, 2.45) is 0 Å². The molecule has 1 aliphatic rings. The van der Waals surface area contributed by atoms with E-state index in [9.17, 15) is 13.2 Å². The Morgan fingerprint density at radius 3 is 2.21 bits per heavy atom. The van der Waals surface area contributed by atoms with Crippen molar-refractivity contribution in [1.82, 2.24) is 9.21 Å². The molecule has 1 aromatic carbocycles. The number of hydrogen-bond acceptors (Lipinski definition) is 3. The second-order valence-corrected chi connectivity index (χ2v) is 8.21. The van der Waals surface area contributed by atoms with E-state index in [1.165, 1.54) is 0 Å². The molecule has 0 aromatic heterocycles. The number of rotatable bonds is 5. The molecule has 1 aromatic rings. The highest BCUT2D eigenvalue weighted by Crippen LogP contribution is 2.23. The molecule has 24 heavy (non-hydrogen) atoms. The SMILES string of the molecule is CCN(CC)C(=O)c1cc(S(=O)(=O)N2CCCCCC2)ccc1C. The summed E-state index contributed by atoms with van der Waals surface area (Å²) < 4.78 is 27.4. The van der Waals surface area contributed by atoms with Crippen molar-refractivity contribution in [1.29, 1.82) is 0 Å². The first-order valence-corrected chi connectivity index (χ1v) is 10.3. The van der Waals surface area contributed by atoms with Gasteiger partial charge in [0.2, 0.25) is 10.0 Å². The van der Waals surface area contributed by atoms with Crippen molar-refractivity contribution >= 4 is 15.9 Å². The number of carbonyl (C=O) groups is 1. The summed E-state index contributed by atoms with van der Waals surface area (Å²) in [7, 11) is -3.53. The van der Waals surface area contributed by atoms with Gasteiger partial charge in [-0.15, -0.1) is 0 Å². The lowest BCUT2D eigenvalue weighted by atomic mass is 10.1.